The number of benzene rings is 1. The third-order valence-corrected chi connectivity index (χ3v) is 6.63. The fraction of sp³-hybridized carbons (Fsp3) is 0.625. The molecule has 1 N–H and O–H groups in total. The van der Waals surface area contributed by atoms with Gasteiger partial charge in [0.1, 0.15) is 5.75 Å². The van der Waals surface area contributed by atoms with E-state index >= 15 is 0 Å². The maximum absolute atomic E-state index is 9.68. The fourth-order valence-electron chi connectivity index (χ4n) is 4.51. The first kappa shape index (κ1) is 22.8. The Labute approximate surface area is 181 Å². The van der Waals surface area contributed by atoms with Crippen LogP contribution in [0.5, 0.6) is 5.75 Å². The average Bonchev–Trinajstić information content (AvgIpc) is 3.07. The summed E-state index contributed by atoms with van der Waals surface area (Å²) in [6, 6.07) is 4.62. The van der Waals surface area contributed by atoms with Crippen LogP contribution in [0.2, 0.25) is 0 Å². The largest absolute Gasteiger partial charge is 0.496 e. The Bertz CT molecular complexity index is 833. The van der Waals surface area contributed by atoms with Gasteiger partial charge in [0.05, 0.1) is 13.3 Å². The minimum absolute atomic E-state index is 0.225. The van der Waals surface area contributed by atoms with Crippen molar-refractivity contribution >= 4 is 0 Å². The summed E-state index contributed by atoms with van der Waals surface area (Å²) in [5.74, 6) is 0.951. The lowest BCUT2D eigenvalue weighted by molar-refractivity contribution is 0.0497. The SMILES string of the molecule is CCCn1ncc(CN2CCN(Cc3ccc(OC)c(C)c3C)C(CCO)C2)c1C. The summed E-state index contributed by atoms with van der Waals surface area (Å²) in [5, 5.41) is 14.2. The van der Waals surface area contributed by atoms with E-state index in [1.165, 1.54) is 27.9 Å². The van der Waals surface area contributed by atoms with E-state index < -0.39 is 0 Å². The summed E-state index contributed by atoms with van der Waals surface area (Å²) in [6.45, 7) is 14.8. The molecule has 1 saturated heterocycles. The smallest absolute Gasteiger partial charge is 0.122 e. The molecule has 0 saturated carbocycles. The lowest BCUT2D eigenvalue weighted by atomic mass is 10.00. The van der Waals surface area contributed by atoms with Crippen LogP contribution in [0.15, 0.2) is 18.3 Å². The van der Waals surface area contributed by atoms with Gasteiger partial charge in [0, 0.05) is 63.2 Å². The first-order valence-corrected chi connectivity index (χ1v) is 11.2. The van der Waals surface area contributed by atoms with E-state index in [-0.39, 0.29) is 6.61 Å². The van der Waals surface area contributed by atoms with Gasteiger partial charge in [0.25, 0.3) is 0 Å². The number of aromatic nitrogens is 2. The van der Waals surface area contributed by atoms with Gasteiger partial charge in [0.2, 0.25) is 0 Å². The third-order valence-electron chi connectivity index (χ3n) is 6.63. The van der Waals surface area contributed by atoms with Crippen LogP contribution in [0.4, 0.5) is 0 Å². The van der Waals surface area contributed by atoms with Gasteiger partial charge < -0.3 is 9.84 Å². The molecule has 30 heavy (non-hydrogen) atoms. The molecule has 3 rings (SSSR count). The van der Waals surface area contributed by atoms with E-state index in [4.69, 9.17) is 4.74 Å². The Kier molecular flexibility index (Phi) is 7.92. The van der Waals surface area contributed by atoms with Gasteiger partial charge in [-0.05, 0) is 56.4 Å². The van der Waals surface area contributed by atoms with Crippen molar-refractivity contribution in [3.8, 4) is 5.75 Å². The Hall–Kier alpha value is -1.89. The molecule has 166 valence electrons. The molecule has 2 aromatic rings. The van der Waals surface area contributed by atoms with Crippen LogP contribution >= 0.6 is 0 Å². The number of hydrogen-bond acceptors (Lipinski definition) is 5. The highest BCUT2D eigenvalue weighted by atomic mass is 16.5. The van der Waals surface area contributed by atoms with Gasteiger partial charge >= 0.3 is 0 Å². The summed E-state index contributed by atoms with van der Waals surface area (Å²) < 4.78 is 7.58. The number of piperazine rings is 1. The quantitative estimate of drug-likeness (QED) is 0.682. The van der Waals surface area contributed by atoms with Crippen LogP contribution in [-0.4, -0.2) is 64.1 Å². The van der Waals surface area contributed by atoms with Crippen LogP contribution in [0.25, 0.3) is 0 Å². The minimum Gasteiger partial charge on any atom is -0.496 e. The molecular weight excluding hydrogens is 376 g/mol. The number of ether oxygens (including phenoxy) is 1. The van der Waals surface area contributed by atoms with Crippen molar-refractivity contribution in [2.24, 2.45) is 0 Å². The maximum atomic E-state index is 9.68. The standard InChI is InChI=1S/C24H38N4O2/c1-6-10-28-20(4)22(14-25-28)15-26-11-12-27(23(17-26)9-13-29)16-21-7-8-24(30-5)19(3)18(21)2/h7-8,14,23,29H,6,9-13,15-17H2,1-5H3. The molecule has 0 aliphatic carbocycles. The molecule has 0 radical (unpaired) electrons. The molecule has 1 aromatic carbocycles. The predicted molar refractivity (Wildman–Crippen MR) is 121 cm³/mol. The normalized spacial score (nSPS) is 18.1. The van der Waals surface area contributed by atoms with Crippen LogP contribution in [0.3, 0.4) is 0 Å². The Morgan fingerprint density at radius 2 is 1.90 bits per heavy atom. The monoisotopic (exact) mass is 414 g/mol. The van der Waals surface area contributed by atoms with Gasteiger partial charge in [-0.1, -0.05) is 13.0 Å². The molecule has 1 unspecified atom stereocenters. The van der Waals surface area contributed by atoms with E-state index in [2.05, 4.69) is 59.4 Å². The van der Waals surface area contributed by atoms with E-state index in [1.807, 2.05) is 6.20 Å². The Morgan fingerprint density at radius 1 is 1.10 bits per heavy atom. The lowest BCUT2D eigenvalue weighted by Gasteiger charge is -2.41. The highest BCUT2D eigenvalue weighted by Crippen LogP contribution is 2.26. The number of rotatable bonds is 9. The minimum atomic E-state index is 0.225. The molecule has 6 nitrogen and oxygen atoms in total. The predicted octanol–water partition coefficient (Wildman–Crippen LogP) is 3.30. The second kappa shape index (κ2) is 10.4. The lowest BCUT2D eigenvalue weighted by Crippen LogP contribution is -2.52. The molecule has 0 bridgehead atoms. The molecule has 1 atom stereocenters. The zero-order chi connectivity index (χ0) is 21.7. The maximum Gasteiger partial charge on any atom is 0.122 e. The van der Waals surface area contributed by atoms with Crippen molar-refractivity contribution in [3.63, 3.8) is 0 Å². The van der Waals surface area contributed by atoms with E-state index in [0.29, 0.717) is 6.04 Å². The molecule has 1 aliphatic heterocycles. The van der Waals surface area contributed by atoms with Gasteiger partial charge in [-0.25, -0.2) is 0 Å². The van der Waals surface area contributed by atoms with Crippen molar-refractivity contribution in [2.45, 2.75) is 66.2 Å². The van der Waals surface area contributed by atoms with Gasteiger partial charge in [-0.15, -0.1) is 0 Å². The number of aryl methyl sites for hydroxylation is 1. The van der Waals surface area contributed by atoms with E-state index in [1.54, 1.807) is 7.11 Å². The molecule has 1 fully saturated rings. The zero-order valence-electron chi connectivity index (χ0n) is 19.3. The van der Waals surface area contributed by atoms with Crippen LogP contribution in [0, 0.1) is 20.8 Å². The first-order chi connectivity index (χ1) is 14.5. The van der Waals surface area contributed by atoms with Gasteiger partial charge in [-0.2, -0.15) is 5.10 Å². The molecule has 2 heterocycles. The molecule has 0 spiro atoms. The average molecular weight is 415 g/mol. The Morgan fingerprint density at radius 3 is 2.60 bits per heavy atom. The van der Waals surface area contributed by atoms with Gasteiger partial charge in [0.15, 0.2) is 0 Å². The Balaban J connectivity index is 1.68. The van der Waals surface area contributed by atoms with Crippen molar-refractivity contribution in [2.75, 3.05) is 33.4 Å². The molecule has 1 aromatic heterocycles. The molecule has 6 heteroatoms. The summed E-state index contributed by atoms with van der Waals surface area (Å²) in [6.07, 6.45) is 3.93. The van der Waals surface area contributed by atoms with E-state index in [0.717, 1.165) is 57.9 Å². The molecular formula is C24H38N4O2. The van der Waals surface area contributed by atoms with Crippen molar-refractivity contribution in [1.82, 2.24) is 19.6 Å². The summed E-state index contributed by atoms with van der Waals surface area (Å²) in [4.78, 5) is 5.05. The highest BCUT2D eigenvalue weighted by Gasteiger charge is 2.28. The van der Waals surface area contributed by atoms with Crippen LogP contribution in [-0.2, 0) is 19.6 Å². The highest BCUT2D eigenvalue weighted by molar-refractivity contribution is 5.43. The second-order valence-electron chi connectivity index (χ2n) is 8.53. The fourth-order valence-corrected chi connectivity index (χ4v) is 4.51. The van der Waals surface area contributed by atoms with Crippen molar-refractivity contribution in [3.05, 3.63) is 46.3 Å². The zero-order valence-corrected chi connectivity index (χ0v) is 19.3. The summed E-state index contributed by atoms with van der Waals surface area (Å²) >= 11 is 0. The van der Waals surface area contributed by atoms with Gasteiger partial charge in [-0.3, -0.25) is 14.5 Å². The number of aliphatic hydroxyl groups is 1. The van der Waals surface area contributed by atoms with E-state index in [9.17, 15) is 5.11 Å². The number of methoxy groups -OCH3 is 1. The van der Waals surface area contributed by atoms with Crippen molar-refractivity contribution in [1.29, 1.82) is 0 Å². The van der Waals surface area contributed by atoms with Crippen LogP contribution in [0.1, 0.15) is 47.7 Å². The summed E-state index contributed by atoms with van der Waals surface area (Å²) in [5.41, 5.74) is 6.47. The third kappa shape index (κ3) is 5.05. The number of aliphatic hydroxyl groups excluding tert-OH is 1. The molecule has 0 amide bonds. The summed E-state index contributed by atoms with van der Waals surface area (Å²) in [7, 11) is 1.73. The number of nitrogens with zero attached hydrogens (tertiary/aromatic N) is 4. The molecule has 1 aliphatic rings. The van der Waals surface area contributed by atoms with Crippen LogP contribution < -0.4 is 4.74 Å². The number of hydrogen-bond donors (Lipinski definition) is 1. The topological polar surface area (TPSA) is 53.8 Å². The second-order valence-corrected chi connectivity index (χ2v) is 8.53. The van der Waals surface area contributed by atoms with Crippen molar-refractivity contribution < 1.29 is 9.84 Å². The first-order valence-electron chi connectivity index (χ1n) is 11.2.